The number of morpholine rings is 1. The Kier molecular flexibility index (Phi) is 5.70. The Hall–Kier alpha value is -2.22. The molecule has 6 nitrogen and oxygen atoms in total. The van der Waals surface area contributed by atoms with Crippen molar-refractivity contribution < 1.29 is 17.9 Å². The van der Waals surface area contributed by atoms with E-state index in [9.17, 15) is 13.2 Å². The summed E-state index contributed by atoms with van der Waals surface area (Å²) < 4.78 is 31.8. The number of aryl methyl sites for hydroxylation is 1. The number of nitrogens with one attached hydrogen (secondary N) is 1. The summed E-state index contributed by atoms with van der Waals surface area (Å²) in [6.45, 7) is 3.51. The van der Waals surface area contributed by atoms with E-state index in [2.05, 4.69) is 5.32 Å². The average Bonchev–Trinajstić information content (AvgIpc) is 2.69. The molecule has 0 saturated carbocycles. The molecule has 1 amide bonds. The van der Waals surface area contributed by atoms with Crippen molar-refractivity contribution in [3.8, 4) is 0 Å². The first-order valence-electron chi connectivity index (χ1n) is 8.59. The van der Waals surface area contributed by atoms with Gasteiger partial charge >= 0.3 is 0 Å². The van der Waals surface area contributed by atoms with E-state index in [1.807, 2.05) is 31.2 Å². The zero-order chi connectivity index (χ0) is 18.6. The maximum Gasteiger partial charge on any atom is 0.255 e. The Labute approximate surface area is 153 Å². The highest BCUT2D eigenvalue weighted by atomic mass is 32.2. The number of nitrogens with zero attached hydrogens (tertiary/aromatic N) is 1. The van der Waals surface area contributed by atoms with Gasteiger partial charge in [-0.15, -0.1) is 0 Å². The van der Waals surface area contributed by atoms with Crippen LogP contribution in [0.1, 0.15) is 22.8 Å². The molecule has 3 rings (SSSR count). The summed E-state index contributed by atoms with van der Waals surface area (Å²) in [6.07, 6.45) is 0.813. The second kappa shape index (κ2) is 7.99. The van der Waals surface area contributed by atoms with Crippen LogP contribution < -0.4 is 5.32 Å². The van der Waals surface area contributed by atoms with Crippen LogP contribution in [0.5, 0.6) is 0 Å². The minimum Gasteiger partial charge on any atom is -0.379 e. The predicted octanol–water partition coefficient (Wildman–Crippen LogP) is 2.52. The van der Waals surface area contributed by atoms with Crippen LogP contribution in [0.15, 0.2) is 53.4 Å². The number of hydrogen-bond acceptors (Lipinski definition) is 4. The van der Waals surface area contributed by atoms with E-state index in [1.54, 1.807) is 0 Å². The summed E-state index contributed by atoms with van der Waals surface area (Å²) in [4.78, 5) is 12.6. The molecule has 1 fully saturated rings. The molecular formula is C19H22N2O4S. The summed E-state index contributed by atoms with van der Waals surface area (Å²) >= 11 is 0. The first kappa shape index (κ1) is 18.6. The first-order valence-corrected chi connectivity index (χ1v) is 10.0. The molecule has 1 saturated heterocycles. The van der Waals surface area contributed by atoms with Gasteiger partial charge in [0.1, 0.15) is 0 Å². The standard InChI is InChI=1S/C19H22N2O4S/c1-2-15-5-3-4-6-18(15)20-19(22)16-7-9-17(10-8-16)26(23,24)21-11-13-25-14-12-21/h3-10H,2,11-14H2,1H3,(H,20,22). The SMILES string of the molecule is CCc1ccccc1NC(=O)c1ccc(S(=O)(=O)N2CCOCC2)cc1. The smallest absolute Gasteiger partial charge is 0.255 e. The number of sulfonamides is 1. The number of amides is 1. The fourth-order valence-corrected chi connectivity index (χ4v) is 4.27. The zero-order valence-corrected chi connectivity index (χ0v) is 15.5. The number of ether oxygens (including phenoxy) is 1. The quantitative estimate of drug-likeness (QED) is 0.873. The molecule has 0 unspecified atom stereocenters. The molecule has 0 aromatic heterocycles. The van der Waals surface area contributed by atoms with Gasteiger partial charge in [0.05, 0.1) is 18.1 Å². The van der Waals surface area contributed by atoms with E-state index in [1.165, 1.54) is 28.6 Å². The van der Waals surface area contributed by atoms with Crippen molar-refractivity contribution in [1.29, 1.82) is 0 Å². The number of para-hydroxylation sites is 1. The molecule has 0 radical (unpaired) electrons. The number of rotatable bonds is 5. The van der Waals surface area contributed by atoms with E-state index in [4.69, 9.17) is 4.74 Å². The van der Waals surface area contributed by atoms with Gasteiger partial charge in [0.25, 0.3) is 5.91 Å². The number of carbonyl (C=O) groups excluding carboxylic acids is 1. The first-order chi connectivity index (χ1) is 12.5. The molecule has 2 aromatic carbocycles. The second-order valence-electron chi connectivity index (χ2n) is 6.01. The van der Waals surface area contributed by atoms with Crippen LogP contribution in [0.4, 0.5) is 5.69 Å². The Morgan fingerprint density at radius 1 is 1.08 bits per heavy atom. The number of carbonyl (C=O) groups is 1. The number of benzene rings is 2. The lowest BCUT2D eigenvalue weighted by Gasteiger charge is -2.26. The molecule has 1 aliphatic heterocycles. The predicted molar refractivity (Wildman–Crippen MR) is 99.8 cm³/mol. The van der Waals surface area contributed by atoms with Gasteiger partial charge in [0, 0.05) is 24.3 Å². The normalized spacial score (nSPS) is 15.6. The Morgan fingerprint density at radius 2 is 1.73 bits per heavy atom. The van der Waals surface area contributed by atoms with E-state index in [-0.39, 0.29) is 10.8 Å². The summed E-state index contributed by atoms with van der Waals surface area (Å²) in [6, 6.07) is 13.7. The van der Waals surface area contributed by atoms with Crippen LogP contribution in [-0.2, 0) is 21.2 Å². The van der Waals surface area contributed by atoms with E-state index in [0.717, 1.165) is 17.7 Å². The fraction of sp³-hybridized carbons (Fsp3) is 0.316. The van der Waals surface area contributed by atoms with Crippen molar-refractivity contribution in [3.63, 3.8) is 0 Å². The van der Waals surface area contributed by atoms with Gasteiger partial charge in [-0.1, -0.05) is 25.1 Å². The van der Waals surface area contributed by atoms with Gasteiger partial charge in [-0.05, 0) is 42.3 Å². The van der Waals surface area contributed by atoms with Gasteiger partial charge in [0.15, 0.2) is 0 Å². The molecular weight excluding hydrogens is 352 g/mol. The van der Waals surface area contributed by atoms with Gasteiger partial charge in [0.2, 0.25) is 10.0 Å². The highest BCUT2D eigenvalue weighted by molar-refractivity contribution is 7.89. The molecule has 1 N–H and O–H groups in total. The summed E-state index contributed by atoms with van der Waals surface area (Å²) in [5.41, 5.74) is 2.23. The average molecular weight is 374 g/mol. The zero-order valence-electron chi connectivity index (χ0n) is 14.6. The summed E-state index contributed by atoms with van der Waals surface area (Å²) in [7, 11) is -3.55. The summed E-state index contributed by atoms with van der Waals surface area (Å²) in [5.74, 6) is -0.263. The molecule has 0 aliphatic carbocycles. The third-order valence-electron chi connectivity index (χ3n) is 4.37. The third kappa shape index (κ3) is 3.95. The number of anilines is 1. The van der Waals surface area contributed by atoms with Crippen molar-refractivity contribution in [2.24, 2.45) is 0 Å². The van der Waals surface area contributed by atoms with Crippen molar-refractivity contribution in [2.75, 3.05) is 31.6 Å². The van der Waals surface area contributed by atoms with Gasteiger partial charge in [-0.3, -0.25) is 4.79 Å². The monoisotopic (exact) mass is 374 g/mol. The lowest BCUT2D eigenvalue weighted by atomic mass is 10.1. The van der Waals surface area contributed by atoms with Crippen LogP contribution in [-0.4, -0.2) is 44.9 Å². The maximum absolute atomic E-state index is 12.6. The molecule has 0 spiro atoms. The minimum atomic E-state index is -3.55. The van der Waals surface area contributed by atoms with Gasteiger partial charge < -0.3 is 10.1 Å². The van der Waals surface area contributed by atoms with Crippen molar-refractivity contribution in [2.45, 2.75) is 18.2 Å². The molecule has 0 atom stereocenters. The summed E-state index contributed by atoms with van der Waals surface area (Å²) in [5, 5.41) is 2.88. The van der Waals surface area contributed by atoms with Crippen LogP contribution in [0.3, 0.4) is 0 Å². The maximum atomic E-state index is 12.6. The Morgan fingerprint density at radius 3 is 2.38 bits per heavy atom. The highest BCUT2D eigenvalue weighted by Gasteiger charge is 2.26. The Bertz CT molecular complexity index is 873. The van der Waals surface area contributed by atoms with E-state index < -0.39 is 10.0 Å². The van der Waals surface area contributed by atoms with Gasteiger partial charge in [-0.25, -0.2) is 8.42 Å². The molecule has 1 heterocycles. The molecule has 0 bridgehead atoms. The van der Waals surface area contributed by atoms with Crippen LogP contribution in [0.25, 0.3) is 0 Å². The van der Waals surface area contributed by atoms with Gasteiger partial charge in [-0.2, -0.15) is 4.31 Å². The largest absolute Gasteiger partial charge is 0.379 e. The second-order valence-corrected chi connectivity index (χ2v) is 7.94. The van der Waals surface area contributed by atoms with Crippen molar-refractivity contribution >= 4 is 21.6 Å². The molecule has 1 aliphatic rings. The Balaban J connectivity index is 1.75. The van der Waals surface area contributed by atoms with E-state index >= 15 is 0 Å². The molecule has 26 heavy (non-hydrogen) atoms. The third-order valence-corrected chi connectivity index (χ3v) is 6.28. The lowest BCUT2D eigenvalue weighted by Crippen LogP contribution is -2.40. The topological polar surface area (TPSA) is 75.7 Å². The fourth-order valence-electron chi connectivity index (χ4n) is 2.86. The minimum absolute atomic E-state index is 0.185. The van der Waals surface area contributed by atoms with E-state index in [0.29, 0.717) is 31.9 Å². The van der Waals surface area contributed by atoms with Crippen LogP contribution >= 0.6 is 0 Å². The lowest BCUT2D eigenvalue weighted by molar-refractivity contribution is 0.0730. The van der Waals surface area contributed by atoms with Crippen molar-refractivity contribution in [3.05, 3.63) is 59.7 Å². The number of hydrogen-bond donors (Lipinski definition) is 1. The molecule has 7 heteroatoms. The van der Waals surface area contributed by atoms with Crippen molar-refractivity contribution in [1.82, 2.24) is 4.31 Å². The highest BCUT2D eigenvalue weighted by Crippen LogP contribution is 2.20. The molecule has 2 aromatic rings. The van der Waals surface area contributed by atoms with Crippen LogP contribution in [0, 0.1) is 0 Å². The van der Waals surface area contributed by atoms with Crippen LogP contribution in [0.2, 0.25) is 0 Å². The molecule has 138 valence electrons.